The van der Waals surface area contributed by atoms with Gasteiger partial charge in [0.25, 0.3) is 0 Å². The molecule has 7 nitrogen and oxygen atoms in total. The van der Waals surface area contributed by atoms with Crippen LogP contribution in [0.4, 0.5) is 5.69 Å². The van der Waals surface area contributed by atoms with Crippen LogP contribution in [0.3, 0.4) is 0 Å². The van der Waals surface area contributed by atoms with Crippen LogP contribution < -0.4 is 9.62 Å². The summed E-state index contributed by atoms with van der Waals surface area (Å²) in [6, 6.07) is 15.7. The normalized spacial score (nSPS) is 12.3. The van der Waals surface area contributed by atoms with E-state index in [-0.39, 0.29) is 18.4 Å². The number of sulfonamides is 1. The first-order valence-electron chi connectivity index (χ1n) is 10.8. The average molecular weight is 539 g/mol. The van der Waals surface area contributed by atoms with E-state index >= 15 is 0 Å². The number of carbonyl (C=O) groups is 2. The summed E-state index contributed by atoms with van der Waals surface area (Å²) in [5, 5.41) is 2.87. The van der Waals surface area contributed by atoms with Gasteiger partial charge < -0.3 is 10.2 Å². The van der Waals surface area contributed by atoms with E-state index in [9.17, 15) is 18.0 Å². The predicted molar refractivity (Wildman–Crippen MR) is 136 cm³/mol. The quantitative estimate of drug-likeness (QED) is 0.475. The molecule has 0 spiro atoms. The van der Waals surface area contributed by atoms with Crippen molar-refractivity contribution < 1.29 is 18.0 Å². The third-order valence-corrected chi connectivity index (χ3v) is 6.93. The van der Waals surface area contributed by atoms with E-state index in [1.165, 1.54) is 4.90 Å². The van der Waals surface area contributed by atoms with Crippen molar-refractivity contribution in [2.75, 3.05) is 30.2 Å². The standard InChI is InChI=1S/C24H32BrN3O4S/c1-18(2)16-26-24(30)19(3)27(15-14-20-10-6-5-7-11-20)23(29)17-28(33(4,31)32)22-13-9-8-12-21(22)25/h5-13,18-19H,14-17H2,1-4H3,(H,26,30)/t19-/m0/s1. The molecule has 0 bridgehead atoms. The maximum atomic E-state index is 13.4. The Morgan fingerprint density at radius 1 is 1.00 bits per heavy atom. The van der Waals surface area contributed by atoms with Crippen LogP contribution in [0.1, 0.15) is 26.3 Å². The number of hydrogen-bond donors (Lipinski definition) is 1. The second-order valence-corrected chi connectivity index (χ2v) is 11.1. The highest BCUT2D eigenvalue weighted by Gasteiger charge is 2.30. The van der Waals surface area contributed by atoms with Crippen LogP contribution in [0.25, 0.3) is 0 Å². The van der Waals surface area contributed by atoms with Gasteiger partial charge in [-0.2, -0.15) is 0 Å². The van der Waals surface area contributed by atoms with Crippen molar-refractivity contribution >= 4 is 43.5 Å². The molecule has 0 saturated heterocycles. The first-order valence-corrected chi connectivity index (χ1v) is 13.5. The van der Waals surface area contributed by atoms with Gasteiger partial charge in [-0.25, -0.2) is 8.42 Å². The lowest BCUT2D eigenvalue weighted by Crippen LogP contribution is -2.52. The van der Waals surface area contributed by atoms with Crippen molar-refractivity contribution in [2.45, 2.75) is 33.2 Å². The van der Waals surface area contributed by atoms with E-state index < -0.39 is 28.5 Å². The van der Waals surface area contributed by atoms with Gasteiger partial charge in [0, 0.05) is 17.6 Å². The molecule has 0 aliphatic heterocycles. The van der Waals surface area contributed by atoms with E-state index in [1.807, 2.05) is 44.2 Å². The van der Waals surface area contributed by atoms with Crippen molar-refractivity contribution in [3.05, 3.63) is 64.6 Å². The SMILES string of the molecule is CC(C)CNC(=O)[C@H](C)N(CCc1ccccc1)C(=O)CN(c1ccccc1Br)S(C)(=O)=O. The first kappa shape index (κ1) is 26.9. The van der Waals surface area contributed by atoms with Crippen molar-refractivity contribution in [3.63, 3.8) is 0 Å². The lowest BCUT2D eigenvalue weighted by atomic mass is 10.1. The second kappa shape index (κ2) is 12.2. The second-order valence-electron chi connectivity index (χ2n) is 8.36. The summed E-state index contributed by atoms with van der Waals surface area (Å²) in [5.74, 6) is -0.443. The number of halogens is 1. The summed E-state index contributed by atoms with van der Waals surface area (Å²) in [4.78, 5) is 27.6. The molecule has 0 aliphatic carbocycles. The molecule has 0 fully saturated rings. The van der Waals surface area contributed by atoms with Gasteiger partial charge in [0.15, 0.2) is 0 Å². The van der Waals surface area contributed by atoms with E-state index in [4.69, 9.17) is 0 Å². The number of rotatable bonds is 11. The van der Waals surface area contributed by atoms with Crippen molar-refractivity contribution in [2.24, 2.45) is 5.92 Å². The Kier molecular flexibility index (Phi) is 9.91. The highest BCUT2D eigenvalue weighted by Crippen LogP contribution is 2.27. The number of nitrogens with zero attached hydrogens (tertiary/aromatic N) is 2. The summed E-state index contributed by atoms with van der Waals surface area (Å²) in [6.45, 7) is 6.03. The van der Waals surface area contributed by atoms with Crippen LogP contribution in [-0.2, 0) is 26.0 Å². The minimum Gasteiger partial charge on any atom is -0.354 e. The summed E-state index contributed by atoms with van der Waals surface area (Å²) in [7, 11) is -3.75. The van der Waals surface area contributed by atoms with Crippen molar-refractivity contribution in [3.8, 4) is 0 Å². The monoisotopic (exact) mass is 537 g/mol. The molecule has 2 rings (SSSR count). The molecule has 0 radical (unpaired) electrons. The summed E-state index contributed by atoms with van der Waals surface area (Å²) in [6.07, 6.45) is 1.61. The number of benzene rings is 2. The summed E-state index contributed by atoms with van der Waals surface area (Å²) in [5.41, 5.74) is 1.39. The molecule has 2 aromatic rings. The van der Waals surface area contributed by atoms with Gasteiger partial charge in [-0.3, -0.25) is 13.9 Å². The molecule has 2 amide bonds. The fraction of sp³-hybridized carbons (Fsp3) is 0.417. The van der Waals surface area contributed by atoms with E-state index in [1.54, 1.807) is 31.2 Å². The zero-order valence-corrected chi connectivity index (χ0v) is 21.9. The number of para-hydroxylation sites is 1. The third kappa shape index (κ3) is 8.16. The molecular weight excluding hydrogens is 506 g/mol. The largest absolute Gasteiger partial charge is 0.354 e. The topological polar surface area (TPSA) is 86.8 Å². The number of carbonyl (C=O) groups excluding carboxylic acids is 2. The van der Waals surface area contributed by atoms with Gasteiger partial charge in [0.1, 0.15) is 12.6 Å². The molecule has 9 heteroatoms. The molecule has 0 aliphatic rings. The maximum absolute atomic E-state index is 13.4. The minimum absolute atomic E-state index is 0.267. The number of nitrogens with one attached hydrogen (secondary N) is 1. The zero-order chi connectivity index (χ0) is 24.6. The van der Waals surface area contributed by atoms with Crippen LogP contribution in [0.5, 0.6) is 0 Å². The Morgan fingerprint density at radius 2 is 1.61 bits per heavy atom. The Morgan fingerprint density at radius 3 is 2.18 bits per heavy atom. The number of hydrogen-bond acceptors (Lipinski definition) is 4. The molecule has 33 heavy (non-hydrogen) atoms. The fourth-order valence-corrected chi connectivity index (χ4v) is 4.75. The number of anilines is 1. The highest BCUT2D eigenvalue weighted by molar-refractivity contribution is 9.10. The van der Waals surface area contributed by atoms with Gasteiger partial charge in [-0.05, 0) is 52.9 Å². The Hall–Kier alpha value is -2.39. The molecule has 1 atom stereocenters. The van der Waals surface area contributed by atoms with Crippen molar-refractivity contribution in [1.82, 2.24) is 10.2 Å². The van der Waals surface area contributed by atoms with Crippen molar-refractivity contribution in [1.29, 1.82) is 0 Å². The molecule has 0 unspecified atom stereocenters. The van der Waals surface area contributed by atoms with E-state index in [2.05, 4.69) is 21.2 Å². The van der Waals surface area contributed by atoms with Gasteiger partial charge >= 0.3 is 0 Å². The van der Waals surface area contributed by atoms with Gasteiger partial charge in [0.05, 0.1) is 11.9 Å². The van der Waals surface area contributed by atoms with Gasteiger partial charge in [-0.1, -0.05) is 56.3 Å². The van der Waals surface area contributed by atoms with Gasteiger partial charge in [0.2, 0.25) is 21.8 Å². The predicted octanol–water partition coefficient (Wildman–Crippen LogP) is 3.45. The van der Waals surface area contributed by atoms with Gasteiger partial charge in [-0.15, -0.1) is 0 Å². The molecule has 1 N–H and O–H groups in total. The highest BCUT2D eigenvalue weighted by atomic mass is 79.9. The Bertz CT molecular complexity index is 1040. The van der Waals surface area contributed by atoms with E-state index in [0.29, 0.717) is 23.1 Å². The molecular formula is C24H32BrN3O4S. The third-order valence-electron chi connectivity index (χ3n) is 5.14. The fourth-order valence-electron chi connectivity index (χ4n) is 3.27. The van der Waals surface area contributed by atoms with E-state index in [0.717, 1.165) is 16.1 Å². The lowest BCUT2D eigenvalue weighted by Gasteiger charge is -2.31. The first-order chi connectivity index (χ1) is 15.5. The average Bonchev–Trinajstić information content (AvgIpc) is 2.76. The zero-order valence-electron chi connectivity index (χ0n) is 19.5. The van der Waals surface area contributed by atoms with Crippen LogP contribution in [0.15, 0.2) is 59.1 Å². The lowest BCUT2D eigenvalue weighted by molar-refractivity contribution is -0.138. The molecule has 180 valence electrons. The molecule has 0 saturated carbocycles. The molecule has 0 heterocycles. The number of amides is 2. The van der Waals surface area contributed by atoms with Crippen LogP contribution in [0, 0.1) is 5.92 Å². The van der Waals surface area contributed by atoms with Crippen LogP contribution in [0.2, 0.25) is 0 Å². The van der Waals surface area contributed by atoms with Crippen LogP contribution >= 0.6 is 15.9 Å². The Labute approximate surface area is 205 Å². The molecule has 0 aromatic heterocycles. The van der Waals surface area contributed by atoms with Crippen LogP contribution in [-0.4, -0.2) is 57.1 Å². The summed E-state index contributed by atoms with van der Waals surface area (Å²) < 4.78 is 26.7. The minimum atomic E-state index is -3.75. The Balaban J connectivity index is 2.29. The maximum Gasteiger partial charge on any atom is 0.244 e. The summed E-state index contributed by atoms with van der Waals surface area (Å²) >= 11 is 3.37. The molecule has 2 aromatic carbocycles. The smallest absolute Gasteiger partial charge is 0.244 e.